The van der Waals surface area contributed by atoms with E-state index in [0.717, 1.165) is 5.56 Å². The Hall–Kier alpha value is -0.930. The molecule has 0 amide bonds. The third-order valence-corrected chi connectivity index (χ3v) is 3.80. The van der Waals surface area contributed by atoms with Crippen molar-refractivity contribution in [1.82, 2.24) is 0 Å². The van der Waals surface area contributed by atoms with E-state index in [1.54, 1.807) is 37.4 Å². The number of rotatable bonds is 3. The van der Waals surface area contributed by atoms with Crippen LogP contribution in [0.1, 0.15) is 17.2 Å². The molecule has 0 aromatic heterocycles. The van der Waals surface area contributed by atoms with Gasteiger partial charge in [0.2, 0.25) is 0 Å². The average Bonchev–Trinajstić information content (AvgIpc) is 2.38. The monoisotopic (exact) mass is 315 g/mol. The first-order valence-corrected chi connectivity index (χ1v) is 6.71. The van der Waals surface area contributed by atoms with Crippen LogP contribution >= 0.6 is 34.8 Å². The lowest BCUT2D eigenvalue weighted by atomic mass is 9.99. The molecule has 2 aromatic rings. The van der Waals surface area contributed by atoms with Crippen molar-refractivity contribution in [2.75, 3.05) is 7.11 Å². The van der Waals surface area contributed by atoms with Crippen LogP contribution in [0.3, 0.4) is 0 Å². The van der Waals surface area contributed by atoms with E-state index < -0.39 is 6.04 Å². The van der Waals surface area contributed by atoms with Gasteiger partial charge in [0, 0.05) is 15.6 Å². The number of hydrogen-bond donors (Lipinski definition) is 1. The summed E-state index contributed by atoms with van der Waals surface area (Å²) in [4.78, 5) is 0. The van der Waals surface area contributed by atoms with Crippen LogP contribution in [0, 0.1) is 0 Å². The molecular weight excluding hydrogens is 305 g/mol. The highest BCUT2D eigenvalue weighted by atomic mass is 35.5. The summed E-state index contributed by atoms with van der Waals surface area (Å²) in [5.74, 6) is 0.600. The van der Waals surface area contributed by atoms with E-state index in [2.05, 4.69) is 0 Å². The van der Waals surface area contributed by atoms with E-state index in [0.29, 0.717) is 26.4 Å². The predicted molar refractivity (Wildman–Crippen MR) is 80.5 cm³/mol. The Morgan fingerprint density at radius 3 is 2.16 bits per heavy atom. The van der Waals surface area contributed by atoms with Crippen LogP contribution in [0.2, 0.25) is 15.1 Å². The number of hydrogen-bond acceptors (Lipinski definition) is 2. The van der Waals surface area contributed by atoms with Crippen LogP contribution in [-0.4, -0.2) is 7.11 Å². The number of methoxy groups -OCH3 is 1. The Kier molecular flexibility index (Phi) is 4.58. The molecule has 2 rings (SSSR count). The molecule has 2 nitrogen and oxygen atoms in total. The fourth-order valence-corrected chi connectivity index (χ4v) is 2.75. The van der Waals surface area contributed by atoms with Gasteiger partial charge in [-0.05, 0) is 29.8 Å². The quantitative estimate of drug-likeness (QED) is 0.890. The van der Waals surface area contributed by atoms with Gasteiger partial charge in [-0.1, -0.05) is 46.9 Å². The lowest BCUT2D eigenvalue weighted by Gasteiger charge is -2.16. The van der Waals surface area contributed by atoms with E-state index >= 15 is 0 Å². The fraction of sp³-hybridized carbons (Fsp3) is 0.143. The molecule has 0 heterocycles. The maximum absolute atomic E-state index is 6.21. The summed E-state index contributed by atoms with van der Waals surface area (Å²) in [6.07, 6.45) is 0. The van der Waals surface area contributed by atoms with Crippen LogP contribution in [-0.2, 0) is 0 Å². The average molecular weight is 317 g/mol. The Morgan fingerprint density at radius 1 is 1.00 bits per heavy atom. The highest BCUT2D eigenvalue weighted by Gasteiger charge is 2.17. The molecule has 0 aliphatic rings. The molecule has 2 aromatic carbocycles. The van der Waals surface area contributed by atoms with Gasteiger partial charge in [0.15, 0.2) is 0 Å². The largest absolute Gasteiger partial charge is 0.495 e. The van der Waals surface area contributed by atoms with E-state index in [-0.39, 0.29) is 0 Å². The fourth-order valence-electron chi connectivity index (χ4n) is 1.85. The molecule has 0 fully saturated rings. The Labute approximate surface area is 127 Å². The second-order valence-electron chi connectivity index (χ2n) is 4.01. The van der Waals surface area contributed by atoms with Gasteiger partial charge in [0.25, 0.3) is 0 Å². The van der Waals surface area contributed by atoms with Crippen LogP contribution in [0.15, 0.2) is 36.4 Å². The first kappa shape index (κ1) is 14.5. The molecule has 1 unspecified atom stereocenters. The summed E-state index contributed by atoms with van der Waals surface area (Å²) in [5, 5.41) is 1.57. The van der Waals surface area contributed by atoms with Gasteiger partial charge in [-0.2, -0.15) is 0 Å². The predicted octanol–water partition coefficient (Wildman–Crippen LogP) is 4.70. The minimum atomic E-state index is -0.440. The standard InChI is InChI=1S/C14H12Cl3NO/c1-19-12-6-5-8(7-11(12)17)14(18)13-9(15)3-2-4-10(13)16/h2-7,14H,18H2,1H3. The van der Waals surface area contributed by atoms with E-state index in [1.165, 1.54) is 0 Å². The highest BCUT2D eigenvalue weighted by molar-refractivity contribution is 6.36. The smallest absolute Gasteiger partial charge is 0.137 e. The van der Waals surface area contributed by atoms with E-state index in [9.17, 15) is 0 Å². The second kappa shape index (κ2) is 6.02. The highest BCUT2D eigenvalue weighted by Crippen LogP contribution is 2.35. The summed E-state index contributed by atoms with van der Waals surface area (Å²) >= 11 is 18.4. The van der Waals surface area contributed by atoms with Crippen molar-refractivity contribution < 1.29 is 4.74 Å². The molecule has 2 N–H and O–H groups in total. The zero-order valence-electron chi connectivity index (χ0n) is 10.2. The molecule has 1 atom stereocenters. The molecule has 0 aliphatic heterocycles. The number of halogens is 3. The Balaban J connectivity index is 2.44. The summed E-state index contributed by atoms with van der Waals surface area (Å²) in [6, 6.07) is 10.2. The van der Waals surface area contributed by atoms with Crippen molar-refractivity contribution in [3.05, 3.63) is 62.6 Å². The zero-order valence-corrected chi connectivity index (χ0v) is 12.4. The SMILES string of the molecule is COc1ccc(C(N)c2c(Cl)cccc2Cl)cc1Cl. The topological polar surface area (TPSA) is 35.2 Å². The van der Waals surface area contributed by atoms with Gasteiger partial charge >= 0.3 is 0 Å². The van der Waals surface area contributed by atoms with Crippen molar-refractivity contribution in [3.8, 4) is 5.75 Å². The van der Waals surface area contributed by atoms with Crippen molar-refractivity contribution >= 4 is 34.8 Å². The normalized spacial score (nSPS) is 12.3. The summed E-state index contributed by atoms with van der Waals surface area (Å²) < 4.78 is 5.11. The van der Waals surface area contributed by atoms with Crippen LogP contribution in [0.25, 0.3) is 0 Å². The van der Waals surface area contributed by atoms with Crippen molar-refractivity contribution in [3.63, 3.8) is 0 Å². The van der Waals surface area contributed by atoms with Crippen LogP contribution < -0.4 is 10.5 Å². The molecule has 5 heteroatoms. The van der Waals surface area contributed by atoms with Crippen molar-refractivity contribution in [2.24, 2.45) is 5.73 Å². The van der Waals surface area contributed by atoms with Gasteiger partial charge in [0.1, 0.15) is 5.75 Å². The molecule has 100 valence electrons. The summed E-state index contributed by atoms with van der Waals surface area (Å²) in [5.41, 5.74) is 7.72. The van der Waals surface area contributed by atoms with Gasteiger partial charge in [-0.25, -0.2) is 0 Å². The van der Waals surface area contributed by atoms with E-state index in [1.807, 2.05) is 6.07 Å². The third-order valence-electron chi connectivity index (χ3n) is 2.85. The van der Waals surface area contributed by atoms with Crippen molar-refractivity contribution in [1.29, 1.82) is 0 Å². The van der Waals surface area contributed by atoms with Crippen molar-refractivity contribution in [2.45, 2.75) is 6.04 Å². The first-order valence-electron chi connectivity index (χ1n) is 5.57. The third kappa shape index (κ3) is 2.98. The molecular formula is C14H12Cl3NO. The molecule has 0 aliphatic carbocycles. The van der Waals surface area contributed by atoms with Gasteiger partial charge in [-0.3, -0.25) is 0 Å². The summed E-state index contributed by atoms with van der Waals surface area (Å²) in [7, 11) is 1.56. The minimum Gasteiger partial charge on any atom is -0.495 e. The maximum atomic E-state index is 6.21. The second-order valence-corrected chi connectivity index (χ2v) is 5.23. The van der Waals surface area contributed by atoms with Crippen LogP contribution in [0.4, 0.5) is 0 Å². The Morgan fingerprint density at radius 2 is 1.63 bits per heavy atom. The molecule has 19 heavy (non-hydrogen) atoms. The lowest BCUT2D eigenvalue weighted by Crippen LogP contribution is -2.13. The zero-order chi connectivity index (χ0) is 14.0. The van der Waals surface area contributed by atoms with Gasteiger partial charge in [0.05, 0.1) is 18.2 Å². The summed E-state index contributed by atoms with van der Waals surface area (Å²) in [6.45, 7) is 0. The Bertz CT molecular complexity index is 581. The number of ether oxygens (including phenoxy) is 1. The van der Waals surface area contributed by atoms with Gasteiger partial charge < -0.3 is 10.5 Å². The molecule has 0 spiro atoms. The van der Waals surface area contributed by atoms with Gasteiger partial charge in [-0.15, -0.1) is 0 Å². The van der Waals surface area contributed by atoms with Crippen LogP contribution in [0.5, 0.6) is 5.75 Å². The molecule has 0 radical (unpaired) electrons. The maximum Gasteiger partial charge on any atom is 0.137 e. The molecule has 0 saturated carbocycles. The van der Waals surface area contributed by atoms with E-state index in [4.69, 9.17) is 45.3 Å². The first-order chi connectivity index (χ1) is 9.04. The molecule has 0 bridgehead atoms. The lowest BCUT2D eigenvalue weighted by molar-refractivity contribution is 0.415. The number of nitrogens with two attached hydrogens (primary N) is 1. The minimum absolute atomic E-state index is 0.440. The number of benzene rings is 2. The molecule has 0 saturated heterocycles.